The first-order chi connectivity index (χ1) is 9.54. The lowest BCUT2D eigenvalue weighted by Gasteiger charge is -2.27. The van der Waals surface area contributed by atoms with Gasteiger partial charge >= 0.3 is 0 Å². The molecule has 2 rings (SSSR count). The van der Waals surface area contributed by atoms with Crippen molar-refractivity contribution in [1.82, 2.24) is 13.9 Å². The molecule has 5 nitrogen and oxygen atoms in total. The van der Waals surface area contributed by atoms with Gasteiger partial charge < -0.3 is 5.32 Å². The largest absolute Gasteiger partial charge is 0.314 e. The molecule has 2 aliphatic carbocycles. The third-order valence-corrected chi connectivity index (χ3v) is 5.97. The van der Waals surface area contributed by atoms with Crippen molar-refractivity contribution in [2.45, 2.75) is 51.5 Å². The Morgan fingerprint density at radius 1 is 1.15 bits per heavy atom. The maximum absolute atomic E-state index is 12.6. The van der Waals surface area contributed by atoms with E-state index in [0.29, 0.717) is 31.6 Å². The van der Waals surface area contributed by atoms with Crippen LogP contribution in [0.4, 0.5) is 0 Å². The van der Waals surface area contributed by atoms with E-state index in [2.05, 4.69) is 5.32 Å². The second kappa shape index (κ2) is 7.20. The van der Waals surface area contributed by atoms with Gasteiger partial charge in [0.05, 0.1) is 0 Å². The molecular weight excluding hydrogens is 274 g/mol. The Morgan fingerprint density at radius 2 is 1.85 bits per heavy atom. The van der Waals surface area contributed by atoms with Crippen molar-refractivity contribution >= 4 is 10.2 Å². The summed E-state index contributed by atoms with van der Waals surface area (Å²) in [5, 5.41) is 3.42. The number of nitrogens with one attached hydrogen (secondary N) is 1. The minimum absolute atomic E-state index is 0.598. The molecular formula is C14H29N3O2S. The summed E-state index contributed by atoms with van der Waals surface area (Å²) in [7, 11) is -1.55. The maximum atomic E-state index is 12.6. The van der Waals surface area contributed by atoms with Crippen molar-refractivity contribution in [3.8, 4) is 0 Å². The van der Waals surface area contributed by atoms with Gasteiger partial charge in [0, 0.05) is 32.7 Å². The molecule has 0 bridgehead atoms. The fourth-order valence-electron chi connectivity index (χ4n) is 2.35. The standard InChI is InChI=1S/C14H29N3O2S/c1-3-10-17(12-13-5-6-13)20(18,19)16(2)11-4-9-15-14-7-8-14/h13-15H,3-12H2,1-2H3. The van der Waals surface area contributed by atoms with E-state index in [4.69, 9.17) is 0 Å². The zero-order valence-electron chi connectivity index (χ0n) is 12.8. The molecule has 2 aliphatic rings. The van der Waals surface area contributed by atoms with Crippen LogP contribution in [-0.2, 0) is 10.2 Å². The zero-order valence-corrected chi connectivity index (χ0v) is 13.7. The normalized spacial score (nSPS) is 20.0. The molecule has 1 N–H and O–H groups in total. The first-order valence-electron chi connectivity index (χ1n) is 7.98. The summed E-state index contributed by atoms with van der Waals surface area (Å²) >= 11 is 0. The Balaban J connectivity index is 1.77. The number of rotatable bonds is 11. The molecule has 0 aromatic carbocycles. The topological polar surface area (TPSA) is 52.7 Å². The Labute approximate surface area is 123 Å². The van der Waals surface area contributed by atoms with Crippen molar-refractivity contribution in [2.75, 3.05) is 33.2 Å². The van der Waals surface area contributed by atoms with Gasteiger partial charge in [-0.15, -0.1) is 0 Å². The van der Waals surface area contributed by atoms with Crippen LogP contribution < -0.4 is 5.32 Å². The number of hydrogen-bond donors (Lipinski definition) is 1. The highest BCUT2D eigenvalue weighted by molar-refractivity contribution is 7.86. The average Bonchev–Trinajstić information content (AvgIpc) is 3.27. The highest BCUT2D eigenvalue weighted by atomic mass is 32.2. The lowest BCUT2D eigenvalue weighted by Crippen LogP contribution is -2.44. The second-order valence-corrected chi connectivity index (χ2v) is 8.25. The summed E-state index contributed by atoms with van der Waals surface area (Å²) in [6, 6.07) is 0.698. The Morgan fingerprint density at radius 3 is 2.40 bits per heavy atom. The lowest BCUT2D eigenvalue weighted by molar-refractivity contribution is 0.346. The van der Waals surface area contributed by atoms with E-state index in [9.17, 15) is 8.42 Å². The van der Waals surface area contributed by atoms with Gasteiger partial charge in [-0.3, -0.25) is 0 Å². The van der Waals surface area contributed by atoms with Crippen LogP contribution >= 0.6 is 0 Å². The molecule has 2 saturated carbocycles. The predicted octanol–water partition coefficient (Wildman–Crippen LogP) is 1.43. The fraction of sp³-hybridized carbons (Fsp3) is 1.00. The van der Waals surface area contributed by atoms with Crippen molar-refractivity contribution < 1.29 is 8.42 Å². The van der Waals surface area contributed by atoms with Gasteiger partial charge in [-0.2, -0.15) is 17.0 Å². The molecule has 0 heterocycles. The molecule has 6 heteroatoms. The highest BCUT2D eigenvalue weighted by Crippen LogP contribution is 2.30. The van der Waals surface area contributed by atoms with Gasteiger partial charge in [-0.05, 0) is 51.0 Å². The molecule has 0 saturated heterocycles. The summed E-state index contributed by atoms with van der Waals surface area (Å²) in [6.45, 7) is 4.91. The van der Waals surface area contributed by atoms with Gasteiger partial charge in [0.15, 0.2) is 0 Å². The van der Waals surface area contributed by atoms with Crippen LogP contribution in [0.15, 0.2) is 0 Å². The fourth-order valence-corrected chi connectivity index (χ4v) is 3.91. The molecule has 118 valence electrons. The summed E-state index contributed by atoms with van der Waals surface area (Å²) in [5.41, 5.74) is 0. The molecule has 0 aromatic rings. The van der Waals surface area contributed by atoms with E-state index < -0.39 is 10.2 Å². The quantitative estimate of drug-likeness (QED) is 0.588. The van der Waals surface area contributed by atoms with Crippen molar-refractivity contribution in [3.05, 3.63) is 0 Å². The van der Waals surface area contributed by atoms with Crippen LogP contribution in [0, 0.1) is 5.92 Å². The molecule has 0 unspecified atom stereocenters. The first kappa shape index (κ1) is 16.2. The summed E-state index contributed by atoms with van der Waals surface area (Å²) in [5.74, 6) is 0.598. The van der Waals surface area contributed by atoms with Crippen LogP contribution in [0.2, 0.25) is 0 Å². The average molecular weight is 303 g/mol. The Bertz CT molecular complexity index is 391. The second-order valence-electron chi connectivity index (χ2n) is 6.21. The highest BCUT2D eigenvalue weighted by Gasteiger charge is 2.32. The summed E-state index contributed by atoms with van der Waals surface area (Å²) in [6.07, 6.45) is 6.69. The van der Waals surface area contributed by atoms with E-state index in [0.717, 1.165) is 19.4 Å². The minimum Gasteiger partial charge on any atom is -0.314 e. The van der Waals surface area contributed by atoms with E-state index >= 15 is 0 Å². The molecule has 0 atom stereocenters. The minimum atomic E-state index is -3.26. The van der Waals surface area contributed by atoms with Crippen molar-refractivity contribution in [2.24, 2.45) is 5.92 Å². The third-order valence-electron chi connectivity index (χ3n) is 4.01. The zero-order chi connectivity index (χ0) is 14.6. The van der Waals surface area contributed by atoms with Gasteiger partial charge in [0.25, 0.3) is 10.2 Å². The monoisotopic (exact) mass is 303 g/mol. The number of nitrogens with zero attached hydrogens (tertiary/aromatic N) is 2. The summed E-state index contributed by atoms with van der Waals surface area (Å²) in [4.78, 5) is 0. The van der Waals surface area contributed by atoms with Gasteiger partial charge in [-0.25, -0.2) is 0 Å². The molecule has 0 aliphatic heterocycles. The van der Waals surface area contributed by atoms with Gasteiger partial charge in [-0.1, -0.05) is 6.92 Å². The predicted molar refractivity (Wildman–Crippen MR) is 81.8 cm³/mol. The van der Waals surface area contributed by atoms with Crippen LogP contribution in [0.1, 0.15) is 45.4 Å². The first-order valence-corrected chi connectivity index (χ1v) is 9.38. The van der Waals surface area contributed by atoms with Gasteiger partial charge in [0.1, 0.15) is 0 Å². The van der Waals surface area contributed by atoms with Crippen LogP contribution in [0.5, 0.6) is 0 Å². The molecule has 20 heavy (non-hydrogen) atoms. The maximum Gasteiger partial charge on any atom is 0.281 e. The van der Waals surface area contributed by atoms with E-state index in [1.807, 2.05) is 6.92 Å². The SMILES string of the molecule is CCCN(CC1CC1)S(=O)(=O)N(C)CCCNC1CC1. The molecule has 0 spiro atoms. The molecule has 0 aromatic heterocycles. The number of hydrogen-bond acceptors (Lipinski definition) is 3. The molecule has 0 radical (unpaired) electrons. The van der Waals surface area contributed by atoms with Crippen LogP contribution in [0.25, 0.3) is 0 Å². The molecule has 2 fully saturated rings. The van der Waals surface area contributed by atoms with Gasteiger partial charge in [0.2, 0.25) is 0 Å². The van der Waals surface area contributed by atoms with Crippen LogP contribution in [-0.4, -0.2) is 56.3 Å². The van der Waals surface area contributed by atoms with Crippen molar-refractivity contribution in [1.29, 1.82) is 0 Å². The Hall–Kier alpha value is -0.170. The van der Waals surface area contributed by atoms with Crippen molar-refractivity contribution in [3.63, 3.8) is 0 Å². The lowest BCUT2D eigenvalue weighted by atomic mass is 10.4. The third kappa shape index (κ3) is 4.98. The van der Waals surface area contributed by atoms with E-state index in [1.165, 1.54) is 30.0 Å². The Kier molecular flexibility index (Phi) is 5.84. The summed E-state index contributed by atoms with van der Waals surface area (Å²) < 4.78 is 28.3. The van der Waals surface area contributed by atoms with E-state index in [-0.39, 0.29) is 0 Å². The smallest absolute Gasteiger partial charge is 0.281 e. The van der Waals surface area contributed by atoms with Crippen LogP contribution in [0.3, 0.4) is 0 Å². The molecule has 0 amide bonds. The van der Waals surface area contributed by atoms with E-state index in [1.54, 1.807) is 11.4 Å².